The van der Waals surface area contributed by atoms with Crippen molar-refractivity contribution in [3.05, 3.63) is 11.3 Å². The van der Waals surface area contributed by atoms with E-state index in [1.54, 1.807) is 0 Å². The quantitative estimate of drug-likeness (QED) is 0.850. The van der Waals surface area contributed by atoms with E-state index in [2.05, 4.69) is 34.1 Å². The zero-order valence-corrected chi connectivity index (χ0v) is 12.0. The Morgan fingerprint density at radius 1 is 1.22 bits per heavy atom. The molecule has 1 aliphatic heterocycles. The van der Waals surface area contributed by atoms with E-state index in [-0.39, 0.29) is 0 Å². The molecule has 0 aromatic carbocycles. The van der Waals surface area contributed by atoms with Crippen LogP contribution in [0.3, 0.4) is 0 Å². The summed E-state index contributed by atoms with van der Waals surface area (Å²) in [5.41, 5.74) is 2.48. The van der Waals surface area contributed by atoms with Crippen LogP contribution in [0.25, 0.3) is 0 Å². The van der Waals surface area contributed by atoms with Gasteiger partial charge in [0.05, 0.1) is 5.69 Å². The molecule has 0 spiro atoms. The largest absolute Gasteiger partial charge is 0.354 e. The summed E-state index contributed by atoms with van der Waals surface area (Å²) in [6.07, 6.45) is 0. The van der Waals surface area contributed by atoms with Crippen LogP contribution in [0.2, 0.25) is 0 Å². The molecular formula is C13H25N5. The van der Waals surface area contributed by atoms with E-state index >= 15 is 0 Å². The monoisotopic (exact) mass is 251 g/mol. The molecule has 0 aliphatic carbocycles. The summed E-state index contributed by atoms with van der Waals surface area (Å²) in [6.45, 7) is 10.9. The summed E-state index contributed by atoms with van der Waals surface area (Å²) < 4.78 is 2.03. The van der Waals surface area contributed by atoms with Crippen molar-refractivity contribution in [2.45, 2.75) is 20.4 Å². The minimum absolute atomic E-state index is 0.892. The lowest BCUT2D eigenvalue weighted by atomic mass is 10.2. The van der Waals surface area contributed by atoms with E-state index < -0.39 is 0 Å². The van der Waals surface area contributed by atoms with Gasteiger partial charge in [0.2, 0.25) is 0 Å². The Morgan fingerprint density at radius 3 is 2.44 bits per heavy atom. The van der Waals surface area contributed by atoms with Gasteiger partial charge in [-0.15, -0.1) is 0 Å². The highest BCUT2D eigenvalue weighted by molar-refractivity contribution is 5.50. The van der Waals surface area contributed by atoms with E-state index in [1.165, 1.54) is 11.4 Å². The zero-order valence-electron chi connectivity index (χ0n) is 12.0. The number of anilines is 1. The van der Waals surface area contributed by atoms with Gasteiger partial charge in [-0.1, -0.05) is 6.92 Å². The number of aromatic nitrogens is 2. The number of piperazine rings is 1. The summed E-state index contributed by atoms with van der Waals surface area (Å²) in [7, 11) is 4.04. The van der Waals surface area contributed by atoms with Crippen LogP contribution in [0.1, 0.15) is 18.2 Å². The molecule has 5 nitrogen and oxygen atoms in total. The lowest BCUT2D eigenvalue weighted by Gasteiger charge is -2.35. The van der Waals surface area contributed by atoms with Gasteiger partial charge in [-0.05, 0) is 20.5 Å². The number of likely N-dealkylation sites (N-methyl/N-ethyl adjacent to an activating group) is 1. The highest BCUT2D eigenvalue weighted by Crippen LogP contribution is 2.24. The number of hydrogen-bond acceptors (Lipinski definition) is 4. The predicted molar refractivity (Wildman–Crippen MR) is 75.0 cm³/mol. The smallest absolute Gasteiger partial charge is 0.131 e. The van der Waals surface area contributed by atoms with Crippen LogP contribution in [0, 0.1) is 6.92 Å². The molecule has 0 atom stereocenters. The number of hydrogen-bond donors (Lipinski definition) is 1. The van der Waals surface area contributed by atoms with Gasteiger partial charge in [0.15, 0.2) is 0 Å². The molecule has 0 radical (unpaired) electrons. The summed E-state index contributed by atoms with van der Waals surface area (Å²) in [5.74, 6) is 1.29. The second-order valence-electron chi connectivity index (χ2n) is 4.96. The lowest BCUT2D eigenvalue weighted by Crippen LogP contribution is -2.47. The fourth-order valence-electron chi connectivity index (χ4n) is 2.75. The average Bonchev–Trinajstić information content (AvgIpc) is 2.65. The number of nitrogens with zero attached hydrogens (tertiary/aromatic N) is 4. The number of aryl methyl sites for hydroxylation is 2. The Morgan fingerprint density at radius 2 is 1.89 bits per heavy atom. The van der Waals surface area contributed by atoms with Gasteiger partial charge < -0.3 is 15.1 Å². The Hall–Kier alpha value is -1.07. The van der Waals surface area contributed by atoms with Crippen LogP contribution < -0.4 is 10.2 Å². The molecule has 5 heteroatoms. The topological polar surface area (TPSA) is 36.3 Å². The van der Waals surface area contributed by atoms with Crippen LogP contribution in [0.4, 0.5) is 5.82 Å². The van der Waals surface area contributed by atoms with Crippen molar-refractivity contribution in [3.8, 4) is 0 Å². The third-order valence-corrected chi connectivity index (χ3v) is 3.79. The number of nitrogens with one attached hydrogen (secondary N) is 1. The summed E-state index contributed by atoms with van der Waals surface area (Å²) in [6, 6.07) is 0. The van der Waals surface area contributed by atoms with Gasteiger partial charge in [-0.25, -0.2) is 0 Å². The van der Waals surface area contributed by atoms with Gasteiger partial charge in [-0.2, -0.15) is 5.10 Å². The highest BCUT2D eigenvalue weighted by atomic mass is 15.4. The SMILES string of the molecule is CCN1CCN(c2c(CNC)c(C)nn2C)CC1. The number of rotatable bonds is 4. The molecule has 2 rings (SSSR count). The van der Waals surface area contributed by atoms with Gasteiger partial charge in [0.25, 0.3) is 0 Å². The molecule has 18 heavy (non-hydrogen) atoms. The van der Waals surface area contributed by atoms with Crippen LogP contribution >= 0.6 is 0 Å². The predicted octanol–water partition coefficient (Wildman–Crippen LogP) is 0.590. The molecule has 1 aromatic heterocycles. The van der Waals surface area contributed by atoms with Crippen LogP contribution in [0.5, 0.6) is 0 Å². The van der Waals surface area contributed by atoms with E-state index in [9.17, 15) is 0 Å². The second kappa shape index (κ2) is 5.71. The van der Waals surface area contributed by atoms with Crippen LogP contribution in [0.15, 0.2) is 0 Å². The molecule has 1 saturated heterocycles. The molecule has 0 saturated carbocycles. The normalized spacial score (nSPS) is 17.4. The maximum atomic E-state index is 4.57. The zero-order chi connectivity index (χ0) is 13.1. The molecular weight excluding hydrogens is 226 g/mol. The second-order valence-corrected chi connectivity index (χ2v) is 4.96. The first-order chi connectivity index (χ1) is 8.67. The molecule has 0 bridgehead atoms. The van der Waals surface area contributed by atoms with Gasteiger partial charge in [-0.3, -0.25) is 4.68 Å². The highest BCUT2D eigenvalue weighted by Gasteiger charge is 2.22. The third kappa shape index (κ3) is 2.52. The fourth-order valence-corrected chi connectivity index (χ4v) is 2.75. The van der Waals surface area contributed by atoms with E-state index in [0.717, 1.165) is 45.0 Å². The molecule has 0 amide bonds. The first-order valence-electron chi connectivity index (χ1n) is 6.81. The summed E-state index contributed by atoms with van der Waals surface area (Å²) in [4.78, 5) is 4.97. The first kappa shape index (κ1) is 13.4. The van der Waals surface area contributed by atoms with Crippen molar-refractivity contribution in [1.29, 1.82) is 0 Å². The molecule has 1 N–H and O–H groups in total. The molecule has 102 valence electrons. The average molecular weight is 251 g/mol. The minimum Gasteiger partial charge on any atom is -0.354 e. The van der Waals surface area contributed by atoms with Crippen molar-refractivity contribution in [3.63, 3.8) is 0 Å². The fraction of sp³-hybridized carbons (Fsp3) is 0.769. The van der Waals surface area contributed by atoms with Crippen LogP contribution in [-0.2, 0) is 13.6 Å². The van der Waals surface area contributed by atoms with Gasteiger partial charge in [0.1, 0.15) is 5.82 Å². The molecule has 1 aromatic rings. The van der Waals surface area contributed by atoms with E-state index in [0.29, 0.717) is 0 Å². The first-order valence-corrected chi connectivity index (χ1v) is 6.81. The summed E-state index contributed by atoms with van der Waals surface area (Å²) in [5, 5.41) is 7.81. The molecule has 1 aliphatic rings. The van der Waals surface area contributed by atoms with Crippen molar-refractivity contribution >= 4 is 5.82 Å². The lowest BCUT2D eigenvalue weighted by molar-refractivity contribution is 0.269. The van der Waals surface area contributed by atoms with E-state index in [1.807, 2.05) is 18.8 Å². The molecule has 0 unspecified atom stereocenters. The van der Waals surface area contributed by atoms with Crippen molar-refractivity contribution in [2.75, 3.05) is 44.7 Å². The van der Waals surface area contributed by atoms with Crippen LogP contribution in [-0.4, -0.2) is 54.5 Å². The van der Waals surface area contributed by atoms with Crippen molar-refractivity contribution in [2.24, 2.45) is 7.05 Å². The molecule has 1 fully saturated rings. The van der Waals surface area contributed by atoms with Gasteiger partial charge >= 0.3 is 0 Å². The van der Waals surface area contributed by atoms with Gasteiger partial charge in [0, 0.05) is 45.3 Å². The Bertz CT molecular complexity index is 390. The Labute approximate surface area is 110 Å². The Kier molecular flexibility index (Phi) is 4.24. The maximum absolute atomic E-state index is 4.57. The summed E-state index contributed by atoms with van der Waals surface area (Å²) >= 11 is 0. The van der Waals surface area contributed by atoms with E-state index in [4.69, 9.17) is 0 Å². The Balaban J connectivity index is 2.17. The third-order valence-electron chi connectivity index (χ3n) is 3.79. The van der Waals surface area contributed by atoms with Crippen molar-refractivity contribution in [1.82, 2.24) is 20.0 Å². The molecule has 2 heterocycles. The minimum atomic E-state index is 0.892. The van der Waals surface area contributed by atoms with Crippen molar-refractivity contribution < 1.29 is 0 Å². The standard InChI is InChI=1S/C13H25N5/c1-5-17-6-8-18(9-7-17)13-12(10-14-3)11(2)15-16(13)4/h14H,5-10H2,1-4H3. The maximum Gasteiger partial charge on any atom is 0.131 e.